The van der Waals surface area contributed by atoms with Crippen LogP contribution in [0.25, 0.3) is 0 Å². The van der Waals surface area contributed by atoms with Gasteiger partial charge in [-0.25, -0.2) is 4.98 Å². The van der Waals surface area contributed by atoms with Crippen molar-refractivity contribution in [1.29, 1.82) is 0 Å². The molecule has 1 amide bonds. The average molecular weight is 357 g/mol. The van der Waals surface area contributed by atoms with E-state index < -0.39 is 11.8 Å². The summed E-state index contributed by atoms with van der Waals surface area (Å²) in [6.45, 7) is 1.69. The minimum absolute atomic E-state index is 0.402. The van der Waals surface area contributed by atoms with Crippen LogP contribution >= 0.6 is 27.5 Å². The number of pyridine rings is 2. The van der Waals surface area contributed by atoms with Crippen LogP contribution in [0.4, 0.5) is 0 Å². The summed E-state index contributed by atoms with van der Waals surface area (Å²) in [6, 6.07) is 5.03. The fourth-order valence-electron chi connectivity index (χ4n) is 1.48. The third-order valence-electron chi connectivity index (χ3n) is 2.60. The van der Waals surface area contributed by atoms with Gasteiger partial charge in [-0.05, 0) is 35.0 Å². The molecule has 20 heavy (non-hydrogen) atoms. The van der Waals surface area contributed by atoms with E-state index in [-0.39, 0.29) is 0 Å². The van der Waals surface area contributed by atoms with Crippen LogP contribution in [0.3, 0.4) is 0 Å². The molecule has 0 bridgehead atoms. The Morgan fingerprint density at radius 1 is 1.40 bits per heavy atom. The molecule has 0 unspecified atom stereocenters. The third-order valence-corrected chi connectivity index (χ3v) is 3.46. The van der Waals surface area contributed by atoms with Crippen LogP contribution in [0.5, 0.6) is 11.6 Å². The first-order chi connectivity index (χ1) is 9.47. The zero-order chi connectivity index (χ0) is 14.7. The smallest absolute Gasteiger partial charge is 0.226 e. The molecular formula is C13H11BrClN3O2. The highest BCUT2D eigenvalue weighted by molar-refractivity contribution is 9.10. The lowest BCUT2D eigenvalue weighted by Gasteiger charge is -2.10. The molecule has 0 aliphatic rings. The summed E-state index contributed by atoms with van der Waals surface area (Å²) in [5, 5.41) is 0.530. The molecular weight excluding hydrogens is 346 g/mol. The summed E-state index contributed by atoms with van der Waals surface area (Å²) >= 11 is 9.09. The van der Waals surface area contributed by atoms with E-state index in [1.165, 1.54) is 12.4 Å². The van der Waals surface area contributed by atoms with Crippen LogP contribution in [0, 0.1) is 0 Å². The molecule has 0 aromatic carbocycles. The SMILES string of the molecule is C[C@@H](C(N)=O)c1ncc(Oc2ccc(Cl)cn2)cc1Br. The maximum atomic E-state index is 11.2. The predicted molar refractivity (Wildman–Crippen MR) is 78.9 cm³/mol. The molecule has 0 saturated carbocycles. The summed E-state index contributed by atoms with van der Waals surface area (Å²) in [7, 11) is 0. The van der Waals surface area contributed by atoms with Crippen LogP contribution < -0.4 is 10.5 Å². The molecule has 2 aromatic rings. The number of hydrogen-bond acceptors (Lipinski definition) is 4. The van der Waals surface area contributed by atoms with Gasteiger partial charge >= 0.3 is 0 Å². The van der Waals surface area contributed by atoms with Crippen LogP contribution in [-0.4, -0.2) is 15.9 Å². The molecule has 0 fully saturated rings. The van der Waals surface area contributed by atoms with Gasteiger partial charge in [0, 0.05) is 16.7 Å². The largest absolute Gasteiger partial charge is 0.437 e. The maximum Gasteiger partial charge on any atom is 0.226 e. The second-order valence-corrected chi connectivity index (χ2v) is 5.37. The summed E-state index contributed by atoms with van der Waals surface area (Å²) in [5.41, 5.74) is 5.82. The Morgan fingerprint density at radius 3 is 2.70 bits per heavy atom. The number of nitrogens with two attached hydrogens (primary N) is 1. The standard InChI is InChI=1S/C13H11BrClN3O2/c1-7(13(16)19)12-10(14)4-9(6-18-12)20-11-3-2-8(15)5-17-11/h2-7H,1H3,(H2,16,19)/t7-/m1/s1. The van der Waals surface area contributed by atoms with Gasteiger partial charge in [0.2, 0.25) is 11.8 Å². The van der Waals surface area contributed by atoms with Crippen LogP contribution in [0.2, 0.25) is 5.02 Å². The molecule has 2 aromatic heterocycles. The highest BCUT2D eigenvalue weighted by atomic mass is 79.9. The van der Waals surface area contributed by atoms with E-state index in [0.29, 0.717) is 26.8 Å². The summed E-state index contributed by atoms with van der Waals surface area (Å²) in [5.74, 6) is -0.0239. The zero-order valence-corrected chi connectivity index (χ0v) is 12.9. The molecule has 0 aliphatic carbocycles. The summed E-state index contributed by atoms with van der Waals surface area (Å²) < 4.78 is 6.18. The Bertz CT molecular complexity index is 634. The first kappa shape index (κ1) is 14.7. The molecule has 0 spiro atoms. The number of nitrogens with zero attached hydrogens (tertiary/aromatic N) is 2. The molecule has 0 aliphatic heterocycles. The monoisotopic (exact) mass is 355 g/mol. The van der Waals surface area contributed by atoms with E-state index in [2.05, 4.69) is 25.9 Å². The van der Waals surface area contributed by atoms with Crippen molar-refractivity contribution in [3.8, 4) is 11.6 Å². The minimum atomic E-state index is -0.480. The second-order valence-electron chi connectivity index (χ2n) is 4.08. The quantitative estimate of drug-likeness (QED) is 0.912. The Balaban J connectivity index is 2.21. The normalized spacial score (nSPS) is 11.9. The summed E-state index contributed by atoms with van der Waals surface area (Å²) in [4.78, 5) is 19.4. The molecule has 2 heterocycles. The molecule has 1 atom stereocenters. The molecule has 0 radical (unpaired) electrons. The van der Waals surface area contributed by atoms with Crippen LogP contribution in [0.1, 0.15) is 18.5 Å². The van der Waals surface area contributed by atoms with Gasteiger partial charge in [0.05, 0.1) is 22.8 Å². The number of primary amides is 1. The first-order valence-corrected chi connectivity index (χ1v) is 6.88. The number of carbonyl (C=O) groups excluding carboxylic acids is 1. The van der Waals surface area contributed by atoms with Crippen molar-refractivity contribution >= 4 is 33.4 Å². The van der Waals surface area contributed by atoms with Crippen molar-refractivity contribution in [3.63, 3.8) is 0 Å². The van der Waals surface area contributed by atoms with E-state index in [1.54, 1.807) is 25.1 Å². The second kappa shape index (κ2) is 6.19. The predicted octanol–water partition coefficient (Wildman–Crippen LogP) is 3.27. The van der Waals surface area contributed by atoms with Gasteiger partial charge in [0.15, 0.2) is 0 Å². The van der Waals surface area contributed by atoms with Crippen molar-refractivity contribution in [2.75, 3.05) is 0 Å². The van der Waals surface area contributed by atoms with Gasteiger partial charge in [-0.15, -0.1) is 0 Å². The number of rotatable bonds is 4. The number of carbonyl (C=O) groups is 1. The topological polar surface area (TPSA) is 78.1 Å². The van der Waals surface area contributed by atoms with Gasteiger partial charge in [0.25, 0.3) is 0 Å². The van der Waals surface area contributed by atoms with Crippen molar-refractivity contribution < 1.29 is 9.53 Å². The Morgan fingerprint density at radius 2 is 2.15 bits per heavy atom. The van der Waals surface area contributed by atoms with E-state index >= 15 is 0 Å². The van der Waals surface area contributed by atoms with E-state index in [0.717, 1.165) is 0 Å². The van der Waals surface area contributed by atoms with Crippen LogP contribution in [0.15, 0.2) is 35.1 Å². The lowest BCUT2D eigenvalue weighted by atomic mass is 10.1. The lowest BCUT2D eigenvalue weighted by Crippen LogP contribution is -2.20. The van der Waals surface area contributed by atoms with Crippen LogP contribution in [-0.2, 0) is 4.79 Å². The number of amides is 1. The molecule has 7 heteroatoms. The van der Waals surface area contributed by atoms with Gasteiger partial charge in [-0.1, -0.05) is 11.6 Å². The minimum Gasteiger partial charge on any atom is -0.437 e. The molecule has 104 valence electrons. The van der Waals surface area contributed by atoms with Gasteiger partial charge in [-0.2, -0.15) is 0 Å². The lowest BCUT2D eigenvalue weighted by molar-refractivity contribution is -0.119. The zero-order valence-electron chi connectivity index (χ0n) is 10.5. The fraction of sp³-hybridized carbons (Fsp3) is 0.154. The number of ether oxygens (including phenoxy) is 1. The fourth-order valence-corrected chi connectivity index (χ4v) is 2.27. The summed E-state index contributed by atoms with van der Waals surface area (Å²) in [6.07, 6.45) is 3.00. The van der Waals surface area contributed by atoms with Gasteiger partial charge < -0.3 is 10.5 Å². The van der Waals surface area contributed by atoms with Crippen molar-refractivity contribution in [1.82, 2.24) is 9.97 Å². The van der Waals surface area contributed by atoms with E-state index in [1.807, 2.05) is 0 Å². The van der Waals surface area contributed by atoms with E-state index in [4.69, 9.17) is 22.1 Å². The first-order valence-electron chi connectivity index (χ1n) is 5.71. The van der Waals surface area contributed by atoms with Crippen molar-refractivity contribution in [2.24, 2.45) is 5.73 Å². The molecule has 0 saturated heterocycles. The van der Waals surface area contributed by atoms with Crippen molar-refractivity contribution in [2.45, 2.75) is 12.8 Å². The third kappa shape index (κ3) is 3.46. The van der Waals surface area contributed by atoms with Crippen molar-refractivity contribution in [3.05, 3.63) is 45.8 Å². The number of hydrogen-bond donors (Lipinski definition) is 1. The van der Waals surface area contributed by atoms with E-state index in [9.17, 15) is 4.79 Å². The van der Waals surface area contributed by atoms with Gasteiger partial charge in [-0.3, -0.25) is 9.78 Å². The highest BCUT2D eigenvalue weighted by Crippen LogP contribution is 2.28. The highest BCUT2D eigenvalue weighted by Gasteiger charge is 2.17. The Kier molecular flexibility index (Phi) is 4.57. The average Bonchev–Trinajstić information content (AvgIpc) is 2.41. The molecule has 2 rings (SSSR count). The molecule has 2 N–H and O–H groups in total. The number of aromatic nitrogens is 2. The van der Waals surface area contributed by atoms with Gasteiger partial charge in [0.1, 0.15) is 5.75 Å². The maximum absolute atomic E-state index is 11.2. The molecule has 5 nitrogen and oxygen atoms in total. The Labute approximate surface area is 129 Å². The Hall–Kier alpha value is -1.66. The number of halogens is 2.